The number of nitrogens with zero attached hydrogens (tertiary/aromatic N) is 2. The maximum atomic E-state index is 11.1. The van der Waals surface area contributed by atoms with Crippen LogP contribution in [0.5, 0.6) is 0 Å². The number of anilines is 1. The lowest BCUT2D eigenvalue weighted by Gasteiger charge is -2.10. The predicted octanol–water partition coefficient (Wildman–Crippen LogP) is 3.35. The maximum absolute atomic E-state index is 11.1. The molecule has 0 atom stereocenters. The molecule has 1 heterocycles. The van der Waals surface area contributed by atoms with E-state index in [1.54, 1.807) is 12.1 Å². The van der Waals surface area contributed by atoms with E-state index in [-0.39, 0.29) is 5.56 Å². The van der Waals surface area contributed by atoms with Crippen LogP contribution in [0, 0.1) is 13.8 Å². The Labute approximate surface area is 128 Å². The van der Waals surface area contributed by atoms with Crippen molar-refractivity contribution in [2.24, 2.45) is 0 Å². The summed E-state index contributed by atoms with van der Waals surface area (Å²) in [6.07, 6.45) is 0.841. The largest absolute Gasteiger partial charge is 0.478 e. The Morgan fingerprint density at radius 3 is 2.76 bits per heavy atom. The van der Waals surface area contributed by atoms with Gasteiger partial charge in [-0.05, 0) is 44.5 Å². The number of carboxylic acids is 1. The topological polar surface area (TPSA) is 67.2 Å². The van der Waals surface area contributed by atoms with E-state index < -0.39 is 5.97 Å². The van der Waals surface area contributed by atoms with Gasteiger partial charge in [0.15, 0.2) is 0 Å². The molecule has 0 aliphatic rings. The van der Waals surface area contributed by atoms with Crippen LogP contribution in [0.3, 0.4) is 0 Å². The third-order valence-corrected chi connectivity index (χ3v) is 3.41. The van der Waals surface area contributed by atoms with Crippen LogP contribution in [0.25, 0.3) is 0 Å². The van der Waals surface area contributed by atoms with Crippen LogP contribution >= 0.6 is 11.6 Å². The van der Waals surface area contributed by atoms with Gasteiger partial charge in [-0.25, -0.2) is 4.79 Å². The van der Waals surface area contributed by atoms with Gasteiger partial charge in [0.2, 0.25) is 0 Å². The van der Waals surface area contributed by atoms with Crippen molar-refractivity contribution in [3.05, 3.63) is 46.2 Å². The molecule has 0 bridgehead atoms. The zero-order valence-electron chi connectivity index (χ0n) is 12.1. The summed E-state index contributed by atoms with van der Waals surface area (Å²) in [7, 11) is 0. The van der Waals surface area contributed by atoms with Gasteiger partial charge in [0.05, 0.1) is 16.9 Å². The third kappa shape index (κ3) is 3.98. The summed E-state index contributed by atoms with van der Waals surface area (Å²) in [6, 6.07) is 6.75. The highest BCUT2D eigenvalue weighted by Crippen LogP contribution is 2.21. The molecule has 0 saturated carbocycles. The monoisotopic (exact) mass is 307 g/mol. The van der Waals surface area contributed by atoms with Crippen molar-refractivity contribution in [3.63, 3.8) is 0 Å². The van der Waals surface area contributed by atoms with Gasteiger partial charge in [0.25, 0.3) is 0 Å². The number of hydrogen-bond acceptors (Lipinski definition) is 3. The van der Waals surface area contributed by atoms with E-state index in [2.05, 4.69) is 10.4 Å². The number of halogens is 1. The van der Waals surface area contributed by atoms with Gasteiger partial charge in [-0.2, -0.15) is 5.10 Å². The van der Waals surface area contributed by atoms with Crippen LogP contribution in [0.15, 0.2) is 24.3 Å². The summed E-state index contributed by atoms with van der Waals surface area (Å²) in [5, 5.41) is 17.2. The lowest BCUT2D eigenvalue weighted by molar-refractivity contribution is 0.0698. The van der Waals surface area contributed by atoms with Crippen LogP contribution in [0.4, 0.5) is 5.69 Å². The Balaban J connectivity index is 1.93. The van der Waals surface area contributed by atoms with Crippen LogP contribution in [0.1, 0.15) is 28.2 Å². The molecule has 0 radical (unpaired) electrons. The highest BCUT2D eigenvalue weighted by atomic mass is 35.5. The van der Waals surface area contributed by atoms with Crippen molar-refractivity contribution in [2.45, 2.75) is 26.8 Å². The Bertz CT molecular complexity index is 652. The maximum Gasteiger partial charge on any atom is 0.337 e. The second-order valence-electron chi connectivity index (χ2n) is 4.93. The minimum absolute atomic E-state index is 0.227. The fraction of sp³-hybridized carbons (Fsp3) is 0.333. The summed E-state index contributed by atoms with van der Waals surface area (Å²) in [6.45, 7) is 5.42. The number of aromatic carboxylic acids is 1. The molecule has 1 aromatic carbocycles. The number of hydrogen-bond donors (Lipinski definition) is 2. The van der Waals surface area contributed by atoms with Crippen molar-refractivity contribution >= 4 is 23.3 Å². The van der Waals surface area contributed by atoms with Gasteiger partial charge in [0.1, 0.15) is 0 Å². The lowest BCUT2D eigenvalue weighted by Crippen LogP contribution is -2.11. The van der Waals surface area contributed by atoms with Crippen LogP contribution in [0.2, 0.25) is 5.02 Å². The molecule has 2 aromatic rings. The zero-order valence-corrected chi connectivity index (χ0v) is 12.8. The number of rotatable bonds is 6. The molecule has 0 aliphatic carbocycles. The van der Waals surface area contributed by atoms with E-state index in [4.69, 9.17) is 16.7 Å². The number of benzene rings is 1. The van der Waals surface area contributed by atoms with Crippen molar-refractivity contribution in [1.82, 2.24) is 9.78 Å². The second-order valence-corrected chi connectivity index (χ2v) is 5.36. The molecule has 0 amide bonds. The van der Waals surface area contributed by atoms with E-state index in [1.165, 1.54) is 6.07 Å². The number of carbonyl (C=O) groups is 1. The Morgan fingerprint density at radius 2 is 2.14 bits per heavy atom. The van der Waals surface area contributed by atoms with E-state index >= 15 is 0 Å². The zero-order chi connectivity index (χ0) is 15.4. The fourth-order valence-corrected chi connectivity index (χ4v) is 2.37. The summed E-state index contributed by atoms with van der Waals surface area (Å²) >= 11 is 5.91. The normalized spacial score (nSPS) is 10.6. The molecule has 0 fully saturated rings. The highest BCUT2D eigenvalue weighted by Gasteiger charge is 2.10. The summed E-state index contributed by atoms with van der Waals surface area (Å²) in [5.41, 5.74) is 2.90. The average Bonchev–Trinajstić information content (AvgIpc) is 2.73. The summed E-state index contributed by atoms with van der Waals surface area (Å²) in [5.74, 6) is -0.965. The lowest BCUT2D eigenvalue weighted by atomic mass is 10.2. The van der Waals surface area contributed by atoms with Gasteiger partial charge in [-0.1, -0.05) is 11.6 Å². The van der Waals surface area contributed by atoms with Crippen molar-refractivity contribution in [1.29, 1.82) is 0 Å². The van der Waals surface area contributed by atoms with Gasteiger partial charge < -0.3 is 10.4 Å². The smallest absolute Gasteiger partial charge is 0.337 e. The predicted molar refractivity (Wildman–Crippen MR) is 83.2 cm³/mol. The van der Waals surface area contributed by atoms with E-state index in [0.29, 0.717) is 17.3 Å². The van der Waals surface area contributed by atoms with Crippen LogP contribution < -0.4 is 5.32 Å². The van der Waals surface area contributed by atoms with Gasteiger partial charge >= 0.3 is 5.97 Å². The molecule has 21 heavy (non-hydrogen) atoms. The summed E-state index contributed by atoms with van der Waals surface area (Å²) < 4.78 is 1.95. The average molecular weight is 308 g/mol. The molecule has 0 spiro atoms. The molecule has 112 valence electrons. The first-order valence-electron chi connectivity index (χ1n) is 6.75. The van der Waals surface area contributed by atoms with E-state index in [9.17, 15) is 4.79 Å². The van der Waals surface area contributed by atoms with Crippen molar-refractivity contribution < 1.29 is 9.90 Å². The molecule has 1 aromatic heterocycles. The van der Waals surface area contributed by atoms with Crippen LogP contribution in [-0.4, -0.2) is 27.4 Å². The summed E-state index contributed by atoms with van der Waals surface area (Å²) in [4.78, 5) is 11.1. The molecule has 0 saturated heterocycles. The third-order valence-electron chi connectivity index (χ3n) is 3.18. The van der Waals surface area contributed by atoms with E-state index in [1.807, 2.05) is 24.6 Å². The highest BCUT2D eigenvalue weighted by molar-refractivity contribution is 6.31. The Kier molecular flexibility index (Phi) is 4.85. The molecule has 6 heteroatoms. The second kappa shape index (κ2) is 6.63. The first-order chi connectivity index (χ1) is 9.97. The molecule has 0 aliphatic heterocycles. The van der Waals surface area contributed by atoms with Crippen LogP contribution in [-0.2, 0) is 6.54 Å². The van der Waals surface area contributed by atoms with Crippen molar-refractivity contribution in [2.75, 3.05) is 11.9 Å². The Hall–Kier alpha value is -2.01. The first-order valence-corrected chi connectivity index (χ1v) is 7.13. The standard InChI is InChI=1S/C15H18ClN3O2/c1-10-8-11(2)19(18-10)7-3-6-17-14-9-12(16)4-5-13(14)15(20)21/h4-5,8-9,17H,3,6-7H2,1-2H3,(H,20,21). The minimum atomic E-state index is -0.965. The number of aryl methyl sites for hydroxylation is 3. The minimum Gasteiger partial charge on any atom is -0.478 e. The first kappa shape index (κ1) is 15.4. The molecule has 5 nitrogen and oxygen atoms in total. The SMILES string of the molecule is Cc1cc(C)n(CCCNc2cc(Cl)ccc2C(=O)O)n1. The number of nitrogens with one attached hydrogen (secondary N) is 1. The quantitative estimate of drug-likeness (QED) is 0.803. The molecule has 2 N–H and O–H groups in total. The molecular formula is C15H18ClN3O2. The molecule has 2 rings (SSSR count). The molecular weight excluding hydrogens is 290 g/mol. The van der Waals surface area contributed by atoms with Gasteiger partial charge in [0, 0.05) is 23.8 Å². The number of aromatic nitrogens is 2. The Morgan fingerprint density at radius 1 is 1.38 bits per heavy atom. The number of carboxylic acid groups (broad SMARTS) is 1. The molecule has 0 unspecified atom stereocenters. The van der Waals surface area contributed by atoms with E-state index in [0.717, 1.165) is 24.4 Å². The van der Waals surface area contributed by atoms with Gasteiger partial charge in [-0.15, -0.1) is 0 Å². The van der Waals surface area contributed by atoms with Crippen molar-refractivity contribution in [3.8, 4) is 0 Å². The van der Waals surface area contributed by atoms with Gasteiger partial charge in [-0.3, -0.25) is 4.68 Å². The fourth-order valence-electron chi connectivity index (χ4n) is 2.20.